The van der Waals surface area contributed by atoms with E-state index in [1.807, 2.05) is 55.5 Å². The molecule has 238 valence electrons. The Hall–Kier alpha value is -5.26. The Bertz CT molecular complexity index is 1780. The molecule has 2 aromatic carbocycles. The fourth-order valence-corrected chi connectivity index (χ4v) is 5.27. The number of hydrogen-bond donors (Lipinski definition) is 2. The summed E-state index contributed by atoms with van der Waals surface area (Å²) in [6.45, 7) is 6.91. The molecular weight excluding hydrogens is 582 g/mol. The summed E-state index contributed by atoms with van der Waals surface area (Å²) < 4.78 is 7.23. The van der Waals surface area contributed by atoms with Crippen LogP contribution in [0.2, 0.25) is 0 Å². The zero-order valence-electron chi connectivity index (χ0n) is 26.5. The maximum absolute atomic E-state index is 14.0. The summed E-state index contributed by atoms with van der Waals surface area (Å²) in [7, 11) is 0. The number of nitrogens with one attached hydrogen (secondary N) is 2. The molecule has 0 aliphatic heterocycles. The minimum atomic E-state index is -0.176. The van der Waals surface area contributed by atoms with Gasteiger partial charge in [-0.3, -0.25) is 9.59 Å². The van der Waals surface area contributed by atoms with Crippen molar-refractivity contribution < 1.29 is 9.53 Å². The van der Waals surface area contributed by atoms with Crippen molar-refractivity contribution in [1.29, 1.82) is 0 Å². The summed E-state index contributed by atoms with van der Waals surface area (Å²) in [4.78, 5) is 39.4. The lowest BCUT2D eigenvalue weighted by atomic mass is 9.96. The van der Waals surface area contributed by atoms with Crippen LogP contribution in [0.5, 0.6) is 5.75 Å². The highest BCUT2D eigenvalue weighted by molar-refractivity contribution is 5.80. The minimum absolute atomic E-state index is 0.0458. The maximum Gasteiger partial charge on any atom is 0.264 e. The van der Waals surface area contributed by atoms with Crippen molar-refractivity contribution in [3.63, 3.8) is 0 Å². The smallest absolute Gasteiger partial charge is 0.264 e. The van der Waals surface area contributed by atoms with Gasteiger partial charge in [-0.25, -0.2) is 24.6 Å². The summed E-state index contributed by atoms with van der Waals surface area (Å²) in [5.41, 5.74) is 5.17. The van der Waals surface area contributed by atoms with Gasteiger partial charge in [-0.15, -0.1) is 5.10 Å². The van der Waals surface area contributed by atoms with E-state index in [1.54, 1.807) is 19.3 Å². The van der Waals surface area contributed by atoms with Gasteiger partial charge in [-0.1, -0.05) is 61.9 Å². The molecule has 0 bridgehead atoms. The first kappa shape index (κ1) is 32.1. The Kier molecular flexibility index (Phi) is 10.9. The van der Waals surface area contributed by atoms with Crippen molar-refractivity contribution in [2.45, 2.75) is 65.7 Å². The van der Waals surface area contributed by atoms with Crippen LogP contribution in [0.3, 0.4) is 0 Å². The van der Waals surface area contributed by atoms with Crippen LogP contribution in [0.25, 0.3) is 28.5 Å². The highest BCUT2D eigenvalue weighted by Crippen LogP contribution is 2.30. The Labute approximate surface area is 267 Å². The minimum Gasteiger partial charge on any atom is -0.490 e. The molecule has 12 nitrogen and oxygen atoms in total. The van der Waals surface area contributed by atoms with Crippen LogP contribution < -0.4 is 15.6 Å². The summed E-state index contributed by atoms with van der Waals surface area (Å²) >= 11 is 0. The van der Waals surface area contributed by atoms with Crippen molar-refractivity contribution >= 4 is 5.91 Å². The van der Waals surface area contributed by atoms with Crippen LogP contribution in [-0.2, 0) is 17.6 Å². The number of benzene rings is 2. The highest BCUT2D eigenvalue weighted by atomic mass is 16.5. The van der Waals surface area contributed by atoms with Crippen LogP contribution in [0.1, 0.15) is 68.6 Å². The van der Waals surface area contributed by atoms with Crippen LogP contribution in [-0.4, -0.2) is 59.2 Å². The lowest BCUT2D eigenvalue weighted by Gasteiger charge is -2.15. The van der Waals surface area contributed by atoms with Gasteiger partial charge in [0, 0.05) is 30.5 Å². The third kappa shape index (κ3) is 7.87. The van der Waals surface area contributed by atoms with Gasteiger partial charge < -0.3 is 10.1 Å². The standard InChI is InChI=1S/C34H39N9O3/c1-4-6-13-30-29(20-24-15-17-25(18-16-24)27-11-7-8-12-28(27)32-39-41-42-40-32)33(45)43(23(3)38-30)34-36-21-26(22-37-34)46-19-10-9-14-31(44)35-5-2/h7-8,11-12,15-18,21-22H,4-6,9-10,13-14,19-20H2,1-3H3,(H,35,44)(H,39,40,41,42). The number of aromatic amines is 1. The molecule has 0 saturated heterocycles. The topological polar surface area (TPSA) is 153 Å². The second kappa shape index (κ2) is 15.6. The predicted molar refractivity (Wildman–Crippen MR) is 175 cm³/mol. The zero-order valence-corrected chi connectivity index (χ0v) is 26.5. The number of hydrogen-bond acceptors (Lipinski definition) is 9. The lowest BCUT2D eigenvalue weighted by Crippen LogP contribution is -2.29. The summed E-state index contributed by atoms with van der Waals surface area (Å²) in [5, 5.41) is 17.1. The second-order valence-corrected chi connectivity index (χ2v) is 11.0. The van der Waals surface area contributed by atoms with E-state index >= 15 is 0 Å². The molecule has 5 aromatic rings. The van der Waals surface area contributed by atoms with Gasteiger partial charge in [0.25, 0.3) is 5.56 Å². The third-order valence-electron chi connectivity index (χ3n) is 7.63. The van der Waals surface area contributed by atoms with E-state index in [9.17, 15) is 9.59 Å². The molecule has 5 rings (SSSR count). The van der Waals surface area contributed by atoms with Crippen LogP contribution >= 0.6 is 0 Å². The monoisotopic (exact) mass is 621 g/mol. The number of rotatable bonds is 15. The number of nitrogens with zero attached hydrogens (tertiary/aromatic N) is 7. The van der Waals surface area contributed by atoms with E-state index in [-0.39, 0.29) is 17.4 Å². The molecule has 0 aliphatic carbocycles. The Morgan fingerprint density at radius 3 is 2.43 bits per heavy atom. The van der Waals surface area contributed by atoms with E-state index in [0.717, 1.165) is 53.6 Å². The van der Waals surface area contributed by atoms with Crippen molar-refractivity contribution in [2.24, 2.45) is 0 Å². The lowest BCUT2D eigenvalue weighted by molar-refractivity contribution is -0.121. The van der Waals surface area contributed by atoms with Crippen molar-refractivity contribution in [3.05, 3.63) is 93.9 Å². The van der Waals surface area contributed by atoms with E-state index in [2.05, 4.69) is 42.8 Å². The summed E-state index contributed by atoms with van der Waals surface area (Å²) in [6.07, 6.45) is 8.13. The molecule has 46 heavy (non-hydrogen) atoms. The van der Waals surface area contributed by atoms with E-state index in [0.29, 0.717) is 55.4 Å². The Morgan fingerprint density at radius 2 is 1.74 bits per heavy atom. The van der Waals surface area contributed by atoms with Crippen LogP contribution in [0.15, 0.2) is 65.7 Å². The molecular formula is C34H39N9O3. The number of unbranched alkanes of at least 4 members (excludes halogenated alkanes) is 2. The number of carbonyl (C=O) groups excluding carboxylic acids is 1. The first-order valence-corrected chi connectivity index (χ1v) is 15.7. The Balaban J connectivity index is 1.35. The third-order valence-corrected chi connectivity index (χ3v) is 7.63. The first-order valence-electron chi connectivity index (χ1n) is 15.7. The molecule has 0 saturated carbocycles. The van der Waals surface area contributed by atoms with Gasteiger partial charge in [-0.2, -0.15) is 0 Å². The van der Waals surface area contributed by atoms with Gasteiger partial charge in [0.2, 0.25) is 11.9 Å². The van der Waals surface area contributed by atoms with E-state index < -0.39 is 0 Å². The molecule has 0 aliphatic rings. The molecule has 3 aromatic heterocycles. The average molecular weight is 622 g/mol. The van der Waals surface area contributed by atoms with Gasteiger partial charge in [0.15, 0.2) is 11.6 Å². The SMILES string of the molecule is CCCCc1nc(C)n(-c2ncc(OCCCCC(=O)NCC)cn2)c(=O)c1Cc1ccc(-c2ccccc2-c2nnn[nH]2)cc1. The summed E-state index contributed by atoms with van der Waals surface area (Å²) in [5.74, 6) is 1.93. The highest BCUT2D eigenvalue weighted by Gasteiger charge is 2.18. The maximum atomic E-state index is 14.0. The first-order chi connectivity index (χ1) is 22.5. The van der Waals surface area contributed by atoms with Crippen LogP contribution in [0.4, 0.5) is 0 Å². The number of carbonyl (C=O) groups is 1. The fraction of sp³-hybridized carbons (Fsp3) is 0.353. The molecule has 0 spiro atoms. The van der Waals surface area contributed by atoms with Crippen molar-refractivity contribution in [3.8, 4) is 34.2 Å². The quantitative estimate of drug-likeness (QED) is 0.157. The average Bonchev–Trinajstić information content (AvgIpc) is 3.61. The number of aryl methyl sites for hydroxylation is 2. The molecule has 3 heterocycles. The molecule has 2 N–H and O–H groups in total. The van der Waals surface area contributed by atoms with Crippen LogP contribution in [0, 0.1) is 6.92 Å². The van der Waals surface area contributed by atoms with Gasteiger partial charge in [0.05, 0.1) is 24.7 Å². The molecule has 1 amide bonds. The molecule has 0 atom stereocenters. The molecule has 0 fully saturated rings. The van der Waals surface area contributed by atoms with Crippen molar-refractivity contribution in [1.82, 2.24) is 45.5 Å². The van der Waals surface area contributed by atoms with Gasteiger partial charge in [-0.05, 0) is 66.6 Å². The number of aromatic nitrogens is 8. The molecule has 12 heteroatoms. The fourth-order valence-electron chi connectivity index (χ4n) is 5.27. The summed E-state index contributed by atoms with van der Waals surface area (Å²) in [6, 6.07) is 16.1. The zero-order chi connectivity index (χ0) is 32.3. The van der Waals surface area contributed by atoms with E-state index in [1.165, 1.54) is 4.57 Å². The predicted octanol–water partition coefficient (Wildman–Crippen LogP) is 4.80. The molecule has 0 unspecified atom stereocenters. The number of tetrazole rings is 1. The number of ether oxygens (including phenoxy) is 1. The normalized spacial score (nSPS) is 11.0. The number of H-pyrrole nitrogens is 1. The number of amides is 1. The molecule has 0 radical (unpaired) electrons. The van der Waals surface area contributed by atoms with E-state index in [4.69, 9.17) is 9.72 Å². The largest absolute Gasteiger partial charge is 0.490 e. The van der Waals surface area contributed by atoms with Gasteiger partial charge in [0.1, 0.15) is 5.82 Å². The Morgan fingerprint density at radius 1 is 0.978 bits per heavy atom. The second-order valence-electron chi connectivity index (χ2n) is 11.0. The van der Waals surface area contributed by atoms with Crippen molar-refractivity contribution in [2.75, 3.05) is 13.2 Å². The van der Waals surface area contributed by atoms with Gasteiger partial charge >= 0.3 is 0 Å².